The lowest BCUT2D eigenvalue weighted by molar-refractivity contribution is 0.0820. The Balaban J connectivity index is 1.65. The average molecular weight is 492 g/mol. The lowest BCUT2D eigenvalue weighted by Crippen LogP contribution is -2.30. The number of aromatic nitrogens is 1. The Morgan fingerprint density at radius 1 is 1.06 bits per heavy atom. The van der Waals surface area contributed by atoms with Crippen LogP contribution in [-0.4, -0.2) is 52.8 Å². The van der Waals surface area contributed by atoms with E-state index >= 15 is 0 Å². The minimum Gasteiger partial charge on any atom is -0.475 e. The first-order valence-electron chi connectivity index (χ1n) is 11.5. The summed E-state index contributed by atoms with van der Waals surface area (Å²) < 4.78 is 13.4. The fourth-order valence-corrected chi connectivity index (χ4v) is 6.66. The van der Waals surface area contributed by atoms with E-state index in [1.165, 1.54) is 11.5 Å². The van der Waals surface area contributed by atoms with Crippen molar-refractivity contribution in [3.05, 3.63) is 66.9 Å². The quantitative estimate of drug-likeness (QED) is 0.276. The molecule has 34 heavy (non-hydrogen) atoms. The molecular formula is C27H29N3O2S2. The molecule has 5 rings (SSSR count). The van der Waals surface area contributed by atoms with Crippen LogP contribution in [0.2, 0.25) is 0 Å². The molecule has 7 heteroatoms. The molecule has 0 spiro atoms. The highest BCUT2D eigenvalue weighted by atomic mass is 32.2. The Morgan fingerprint density at radius 2 is 1.79 bits per heavy atom. The van der Waals surface area contributed by atoms with Crippen molar-refractivity contribution in [1.82, 2.24) is 9.88 Å². The summed E-state index contributed by atoms with van der Waals surface area (Å²) >= 11 is 4.04. The first-order chi connectivity index (χ1) is 16.6. The molecule has 3 heterocycles. The molecule has 0 saturated carbocycles. The molecule has 1 aliphatic heterocycles. The van der Waals surface area contributed by atoms with E-state index in [0.717, 1.165) is 45.8 Å². The number of nitrogens with zero attached hydrogens (tertiary/aromatic N) is 2. The van der Waals surface area contributed by atoms with Gasteiger partial charge >= 0.3 is 0 Å². The molecule has 1 unspecified atom stereocenters. The number of pyridine rings is 1. The van der Waals surface area contributed by atoms with Gasteiger partial charge in [0.2, 0.25) is 5.71 Å². The Hall–Kier alpha value is -2.61. The normalized spacial score (nSPS) is 15.2. The zero-order valence-electron chi connectivity index (χ0n) is 19.7. The zero-order valence-corrected chi connectivity index (χ0v) is 21.3. The van der Waals surface area contributed by atoms with Gasteiger partial charge in [0.15, 0.2) is 0 Å². The number of nitrogens with one attached hydrogen (secondary N) is 1. The maximum atomic E-state index is 6.48. The van der Waals surface area contributed by atoms with Gasteiger partial charge in [0.05, 0.1) is 15.5 Å². The van der Waals surface area contributed by atoms with Gasteiger partial charge in [-0.2, -0.15) is 0 Å². The van der Waals surface area contributed by atoms with Gasteiger partial charge in [0.1, 0.15) is 17.7 Å². The van der Waals surface area contributed by atoms with Crippen LogP contribution in [0, 0.1) is 0 Å². The third kappa shape index (κ3) is 4.78. The van der Waals surface area contributed by atoms with Crippen molar-refractivity contribution >= 4 is 40.3 Å². The molecule has 1 saturated heterocycles. The van der Waals surface area contributed by atoms with Crippen LogP contribution in [0.1, 0.15) is 6.92 Å². The number of hydrogen-bond donors (Lipinski definition) is 1. The van der Waals surface area contributed by atoms with Crippen molar-refractivity contribution in [3.8, 4) is 28.2 Å². The van der Waals surface area contributed by atoms with Crippen LogP contribution in [0.3, 0.4) is 0 Å². The molecule has 4 aromatic rings. The SMILES string of the molecule is CC(Oc1ccccc1-c1oc2nccc(NCC3SCCS3)c2c1-c1ccccc1)N(C)C. The largest absolute Gasteiger partial charge is 0.475 e. The maximum Gasteiger partial charge on any atom is 0.229 e. The van der Waals surface area contributed by atoms with Crippen molar-refractivity contribution in [3.63, 3.8) is 0 Å². The monoisotopic (exact) mass is 491 g/mol. The Labute approximate surface area is 209 Å². The van der Waals surface area contributed by atoms with Crippen LogP contribution in [0.25, 0.3) is 33.6 Å². The highest BCUT2D eigenvalue weighted by molar-refractivity contribution is 8.20. The second kappa shape index (κ2) is 10.3. The lowest BCUT2D eigenvalue weighted by atomic mass is 9.98. The fourth-order valence-electron chi connectivity index (χ4n) is 4.00. The van der Waals surface area contributed by atoms with E-state index in [4.69, 9.17) is 9.15 Å². The molecule has 5 nitrogen and oxygen atoms in total. The first-order valence-corrected chi connectivity index (χ1v) is 13.6. The highest BCUT2D eigenvalue weighted by Crippen LogP contribution is 2.46. The van der Waals surface area contributed by atoms with Crippen LogP contribution in [-0.2, 0) is 0 Å². The van der Waals surface area contributed by atoms with Crippen LogP contribution in [0.15, 0.2) is 71.3 Å². The topological polar surface area (TPSA) is 50.5 Å². The standard InChI is InChI=1S/C27H29N3O2S2/c1-18(30(2)3)31-22-12-8-7-11-20(22)26-24(19-9-5-4-6-10-19)25-21(13-14-28-27(25)32-26)29-17-23-33-15-16-34-23/h4-14,18,23H,15-17H2,1-3H3,(H,28,29). The van der Waals surface area contributed by atoms with Crippen molar-refractivity contribution in [2.45, 2.75) is 17.7 Å². The first kappa shape index (κ1) is 23.1. The average Bonchev–Trinajstić information content (AvgIpc) is 3.51. The summed E-state index contributed by atoms with van der Waals surface area (Å²) in [5.41, 5.74) is 4.72. The summed E-state index contributed by atoms with van der Waals surface area (Å²) in [5.74, 6) is 3.99. The van der Waals surface area contributed by atoms with E-state index in [9.17, 15) is 0 Å². The van der Waals surface area contributed by atoms with E-state index in [1.54, 1.807) is 0 Å². The third-order valence-electron chi connectivity index (χ3n) is 5.96. The molecule has 0 bridgehead atoms. The number of hydrogen-bond acceptors (Lipinski definition) is 7. The number of ether oxygens (including phenoxy) is 1. The Bertz CT molecular complexity index is 1250. The van der Waals surface area contributed by atoms with Gasteiger partial charge in [-0.3, -0.25) is 4.90 Å². The molecule has 0 amide bonds. The number of anilines is 1. The molecule has 0 aliphatic carbocycles. The minimum absolute atomic E-state index is 0.0810. The number of benzene rings is 2. The van der Waals surface area contributed by atoms with Crippen molar-refractivity contribution in [1.29, 1.82) is 0 Å². The molecule has 2 aromatic heterocycles. The van der Waals surface area contributed by atoms with Crippen LogP contribution >= 0.6 is 23.5 Å². The summed E-state index contributed by atoms with van der Waals surface area (Å²) in [4.78, 5) is 6.64. The predicted molar refractivity (Wildman–Crippen MR) is 146 cm³/mol. The summed E-state index contributed by atoms with van der Waals surface area (Å²) in [5, 5.41) is 4.69. The number of thioether (sulfide) groups is 2. The summed E-state index contributed by atoms with van der Waals surface area (Å²) in [6.07, 6.45) is 1.74. The second-order valence-electron chi connectivity index (χ2n) is 8.44. The highest BCUT2D eigenvalue weighted by Gasteiger charge is 2.24. The second-order valence-corrected chi connectivity index (χ2v) is 11.4. The van der Waals surface area contributed by atoms with E-state index in [2.05, 4.69) is 46.7 Å². The molecule has 1 N–H and O–H groups in total. The van der Waals surface area contributed by atoms with E-state index in [-0.39, 0.29) is 6.23 Å². The fraction of sp³-hybridized carbons (Fsp3) is 0.296. The number of para-hydroxylation sites is 1. The van der Waals surface area contributed by atoms with Crippen LogP contribution < -0.4 is 10.1 Å². The molecule has 0 radical (unpaired) electrons. The third-order valence-corrected chi connectivity index (χ3v) is 8.99. The van der Waals surface area contributed by atoms with Crippen LogP contribution in [0.5, 0.6) is 5.75 Å². The van der Waals surface area contributed by atoms with Gasteiger partial charge in [-0.1, -0.05) is 42.5 Å². The number of rotatable bonds is 8. The van der Waals surface area contributed by atoms with Gasteiger partial charge in [-0.15, -0.1) is 23.5 Å². The summed E-state index contributed by atoms with van der Waals surface area (Å²) in [6, 6.07) is 20.5. The van der Waals surface area contributed by atoms with E-state index in [1.807, 2.05) is 79.9 Å². The van der Waals surface area contributed by atoms with Crippen molar-refractivity contribution < 1.29 is 9.15 Å². The molecule has 2 aromatic carbocycles. The predicted octanol–water partition coefficient (Wildman–Crippen LogP) is 6.67. The van der Waals surface area contributed by atoms with Gasteiger partial charge in [-0.25, -0.2) is 4.98 Å². The number of fused-ring (bicyclic) bond motifs is 1. The summed E-state index contributed by atoms with van der Waals surface area (Å²) in [6.45, 7) is 2.94. The Kier molecular flexibility index (Phi) is 7.04. The molecule has 1 fully saturated rings. The van der Waals surface area contributed by atoms with E-state index in [0.29, 0.717) is 10.3 Å². The molecular weight excluding hydrogens is 462 g/mol. The van der Waals surface area contributed by atoms with E-state index < -0.39 is 0 Å². The number of furan rings is 1. The molecule has 1 aliphatic rings. The summed E-state index contributed by atoms with van der Waals surface area (Å²) in [7, 11) is 4.01. The van der Waals surface area contributed by atoms with Gasteiger partial charge in [0.25, 0.3) is 0 Å². The van der Waals surface area contributed by atoms with Crippen LogP contribution in [0.4, 0.5) is 5.69 Å². The smallest absolute Gasteiger partial charge is 0.229 e. The van der Waals surface area contributed by atoms with Gasteiger partial charge in [-0.05, 0) is 44.8 Å². The molecule has 176 valence electrons. The zero-order chi connectivity index (χ0) is 23.5. The van der Waals surface area contributed by atoms with Crippen molar-refractivity contribution in [2.24, 2.45) is 0 Å². The maximum absolute atomic E-state index is 6.48. The lowest BCUT2D eigenvalue weighted by Gasteiger charge is -2.22. The Morgan fingerprint density at radius 3 is 2.56 bits per heavy atom. The molecule has 1 atom stereocenters. The van der Waals surface area contributed by atoms with Gasteiger partial charge in [0, 0.05) is 35.5 Å². The minimum atomic E-state index is -0.0810. The van der Waals surface area contributed by atoms with Gasteiger partial charge < -0.3 is 14.5 Å². The van der Waals surface area contributed by atoms with Crippen molar-refractivity contribution in [2.75, 3.05) is 37.5 Å².